The van der Waals surface area contributed by atoms with Crippen LogP contribution in [0.3, 0.4) is 0 Å². The lowest BCUT2D eigenvalue weighted by molar-refractivity contribution is 0.445. The molecule has 1 aliphatic rings. The summed E-state index contributed by atoms with van der Waals surface area (Å²) in [5, 5.41) is 10.3. The van der Waals surface area contributed by atoms with Crippen molar-refractivity contribution < 1.29 is 13.9 Å². The molecule has 4 aromatic rings. The van der Waals surface area contributed by atoms with Gasteiger partial charge in [0.25, 0.3) is 0 Å². The minimum atomic E-state index is -1.04. The Kier molecular flexibility index (Phi) is 4.91. The van der Waals surface area contributed by atoms with Gasteiger partial charge in [-0.05, 0) is 34.4 Å². The monoisotopic (exact) mass is 413 g/mol. The summed E-state index contributed by atoms with van der Waals surface area (Å²) >= 11 is 0. The second-order valence-corrected chi connectivity index (χ2v) is 7.84. The van der Waals surface area contributed by atoms with Gasteiger partial charge in [0.05, 0.1) is 0 Å². The highest BCUT2D eigenvalue weighted by atomic mass is 19.2. The Balaban J connectivity index is 1.53. The lowest BCUT2D eigenvalue weighted by Crippen LogP contribution is -2.22. The number of hydrogen-bond donors (Lipinski definition) is 1. The van der Waals surface area contributed by atoms with Crippen LogP contribution in [0, 0.1) is 11.6 Å². The molecule has 4 heteroatoms. The topological polar surface area (TPSA) is 23.5 Å². The van der Waals surface area contributed by atoms with Crippen LogP contribution in [0.2, 0.25) is 0 Å². The number of aromatic hydroxyl groups is 1. The fraction of sp³-hybridized carbons (Fsp3) is 0.111. The van der Waals surface area contributed by atoms with E-state index in [-0.39, 0.29) is 11.7 Å². The van der Waals surface area contributed by atoms with Gasteiger partial charge < -0.3 is 10.0 Å². The maximum Gasteiger partial charge on any atom is 0.162 e. The molecule has 0 amide bonds. The third-order valence-corrected chi connectivity index (χ3v) is 5.96. The molecule has 1 N–H and O–H groups in total. The summed E-state index contributed by atoms with van der Waals surface area (Å²) in [6, 6.07) is 28.5. The number of para-hydroxylation sites is 1. The van der Waals surface area contributed by atoms with Crippen LogP contribution in [-0.4, -0.2) is 11.7 Å². The summed E-state index contributed by atoms with van der Waals surface area (Å²) < 4.78 is 27.5. The molecule has 0 fully saturated rings. The van der Waals surface area contributed by atoms with Gasteiger partial charge in [0.15, 0.2) is 11.6 Å². The van der Waals surface area contributed by atoms with E-state index < -0.39 is 11.6 Å². The molecule has 1 heterocycles. The molecule has 0 radical (unpaired) electrons. The fourth-order valence-corrected chi connectivity index (χ4v) is 4.50. The molecular formula is C27H21F2NO. The summed E-state index contributed by atoms with van der Waals surface area (Å²) in [4.78, 5) is 2.24. The summed E-state index contributed by atoms with van der Waals surface area (Å²) in [5.74, 6) is -2.44. The van der Waals surface area contributed by atoms with E-state index in [0.29, 0.717) is 18.7 Å². The first-order valence-corrected chi connectivity index (χ1v) is 10.3. The van der Waals surface area contributed by atoms with Gasteiger partial charge in [-0.15, -0.1) is 0 Å². The number of halogens is 2. The van der Waals surface area contributed by atoms with Crippen molar-refractivity contribution in [3.05, 3.63) is 119 Å². The van der Waals surface area contributed by atoms with Crippen molar-refractivity contribution in [2.24, 2.45) is 0 Å². The first kappa shape index (κ1) is 19.3. The molecule has 0 aromatic heterocycles. The van der Waals surface area contributed by atoms with E-state index in [1.807, 2.05) is 54.6 Å². The summed E-state index contributed by atoms with van der Waals surface area (Å²) in [5.41, 5.74) is 5.95. The summed E-state index contributed by atoms with van der Waals surface area (Å²) in [6.45, 7) is 1.24. The average molecular weight is 413 g/mol. The number of nitrogens with zero attached hydrogens (tertiary/aromatic N) is 1. The second-order valence-electron chi connectivity index (χ2n) is 7.84. The van der Waals surface area contributed by atoms with Crippen LogP contribution in [0.1, 0.15) is 22.6 Å². The highest BCUT2D eigenvalue weighted by molar-refractivity contribution is 5.69. The van der Waals surface area contributed by atoms with Gasteiger partial charge in [-0.25, -0.2) is 8.78 Å². The third kappa shape index (κ3) is 3.55. The van der Waals surface area contributed by atoms with Crippen LogP contribution in [0.25, 0.3) is 11.1 Å². The smallest absolute Gasteiger partial charge is 0.162 e. The molecule has 154 valence electrons. The van der Waals surface area contributed by atoms with Gasteiger partial charge in [0.2, 0.25) is 0 Å². The van der Waals surface area contributed by atoms with Gasteiger partial charge >= 0.3 is 0 Å². The Bertz CT molecular complexity index is 1240. The second kappa shape index (κ2) is 7.88. The lowest BCUT2D eigenvalue weighted by atomic mass is 9.92. The molecule has 4 aromatic carbocycles. The highest BCUT2D eigenvalue weighted by Gasteiger charge is 2.32. The van der Waals surface area contributed by atoms with E-state index >= 15 is 0 Å². The molecule has 0 spiro atoms. The Hall–Kier alpha value is -3.66. The lowest BCUT2D eigenvalue weighted by Gasteiger charge is -2.22. The maximum atomic E-state index is 14.0. The normalized spacial score (nSPS) is 15.2. The Morgan fingerprint density at radius 2 is 1.45 bits per heavy atom. The Morgan fingerprint density at radius 3 is 2.29 bits per heavy atom. The first-order valence-electron chi connectivity index (χ1n) is 10.3. The molecule has 1 atom stereocenters. The Morgan fingerprint density at radius 1 is 0.774 bits per heavy atom. The average Bonchev–Trinajstić information content (AvgIpc) is 3.15. The Labute approximate surface area is 180 Å². The van der Waals surface area contributed by atoms with Crippen LogP contribution in [0.15, 0.2) is 91.0 Å². The van der Waals surface area contributed by atoms with Crippen molar-refractivity contribution in [3.8, 4) is 16.9 Å². The van der Waals surface area contributed by atoms with Crippen LogP contribution in [0.4, 0.5) is 14.5 Å². The van der Waals surface area contributed by atoms with Crippen molar-refractivity contribution in [1.29, 1.82) is 0 Å². The van der Waals surface area contributed by atoms with E-state index in [1.165, 1.54) is 11.1 Å². The molecular weight excluding hydrogens is 392 g/mol. The number of hydrogen-bond acceptors (Lipinski definition) is 2. The quantitative estimate of drug-likeness (QED) is 0.413. The number of benzene rings is 4. The van der Waals surface area contributed by atoms with Gasteiger partial charge in [-0.3, -0.25) is 0 Å². The van der Waals surface area contributed by atoms with E-state index in [4.69, 9.17) is 0 Å². The van der Waals surface area contributed by atoms with E-state index in [9.17, 15) is 13.9 Å². The molecule has 0 aliphatic carbocycles. The van der Waals surface area contributed by atoms with Crippen molar-refractivity contribution in [2.45, 2.75) is 12.5 Å². The molecule has 0 saturated carbocycles. The number of anilines is 1. The SMILES string of the molecule is Oc1cc(F)c(F)cc1C1CN(Cc2ccccc2-c2ccccc2)c2ccccc21. The number of rotatable bonds is 4. The summed E-state index contributed by atoms with van der Waals surface area (Å²) in [7, 11) is 0. The predicted molar refractivity (Wildman–Crippen MR) is 119 cm³/mol. The maximum absolute atomic E-state index is 14.0. The molecule has 1 aliphatic heterocycles. The number of phenolic OH excluding ortho intramolecular Hbond substituents is 1. The van der Waals surface area contributed by atoms with Gasteiger partial charge in [-0.2, -0.15) is 0 Å². The molecule has 0 saturated heterocycles. The van der Waals surface area contributed by atoms with Crippen LogP contribution in [0.5, 0.6) is 5.75 Å². The number of phenols is 1. The van der Waals surface area contributed by atoms with Gasteiger partial charge in [-0.1, -0.05) is 72.8 Å². The zero-order valence-corrected chi connectivity index (χ0v) is 16.8. The van der Waals surface area contributed by atoms with E-state index in [2.05, 4.69) is 29.2 Å². The van der Waals surface area contributed by atoms with Crippen LogP contribution < -0.4 is 4.90 Å². The van der Waals surface area contributed by atoms with Crippen LogP contribution >= 0.6 is 0 Å². The van der Waals surface area contributed by atoms with E-state index in [1.54, 1.807) is 0 Å². The highest BCUT2D eigenvalue weighted by Crippen LogP contribution is 2.44. The van der Waals surface area contributed by atoms with Crippen molar-refractivity contribution >= 4 is 5.69 Å². The van der Waals surface area contributed by atoms with E-state index in [0.717, 1.165) is 28.9 Å². The van der Waals surface area contributed by atoms with Gasteiger partial charge in [0.1, 0.15) is 5.75 Å². The van der Waals surface area contributed by atoms with Crippen molar-refractivity contribution in [3.63, 3.8) is 0 Å². The largest absolute Gasteiger partial charge is 0.508 e. The van der Waals surface area contributed by atoms with Gasteiger partial charge in [0, 0.05) is 36.3 Å². The standard InChI is InChI=1S/C27H21F2NO/c28-24-14-22(27(31)15-25(24)29)23-17-30(26-13-7-6-12-21(23)26)16-19-10-4-5-11-20(19)18-8-2-1-3-9-18/h1-15,23,31H,16-17H2. The fourth-order valence-electron chi connectivity index (χ4n) is 4.50. The molecule has 0 bridgehead atoms. The minimum absolute atomic E-state index is 0.217. The number of fused-ring (bicyclic) bond motifs is 1. The molecule has 2 nitrogen and oxygen atoms in total. The van der Waals surface area contributed by atoms with Crippen molar-refractivity contribution in [1.82, 2.24) is 0 Å². The summed E-state index contributed by atoms with van der Waals surface area (Å²) in [6.07, 6.45) is 0. The molecule has 5 rings (SSSR count). The molecule has 1 unspecified atom stereocenters. The van der Waals surface area contributed by atoms with Crippen LogP contribution in [-0.2, 0) is 6.54 Å². The molecule has 31 heavy (non-hydrogen) atoms. The van der Waals surface area contributed by atoms with Crippen molar-refractivity contribution in [2.75, 3.05) is 11.4 Å². The zero-order valence-electron chi connectivity index (χ0n) is 16.8. The predicted octanol–water partition coefficient (Wildman–Crippen LogP) is 6.49. The minimum Gasteiger partial charge on any atom is -0.508 e. The zero-order chi connectivity index (χ0) is 21.4. The third-order valence-electron chi connectivity index (χ3n) is 5.96. The first-order chi connectivity index (χ1) is 15.1.